The Morgan fingerprint density at radius 1 is 1.04 bits per heavy atom. The van der Waals surface area contributed by atoms with Gasteiger partial charge in [-0.3, -0.25) is 4.79 Å². The number of carbonyl (C=O) groups excluding carboxylic acids is 2. The monoisotopic (exact) mass is 355 g/mol. The Labute approximate surface area is 152 Å². The van der Waals surface area contributed by atoms with Gasteiger partial charge in [-0.2, -0.15) is 0 Å². The van der Waals surface area contributed by atoms with Crippen LogP contribution in [0.2, 0.25) is 0 Å². The number of urea groups is 1. The quantitative estimate of drug-likeness (QED) is 0.837. The second-order valence-corrected chi connectivity index (χ2v) is 6.52. The van der Waals surface area contributed by atoms with E-state index in [9.17, 15) is 14.0 Å². The van der Waals surface area contributed by atoms with Crippen LogP contribution < -0.4 is 10.6 Å². The van der Waals surface area contributed by atoms with E-state index >= 15 is 0 Å². The molecule has 2 aromatic rings. The van der Waals surface area contributed by atoms with Crippen molar-refractivity contribution in [2.45, 2.75) is 19.5 Å². The highest BCUT2D eigenvalue weighted by atomic mass is 19.1. The van der Waals surface area contributed by atoms with E-state index < -0.39 is 0 Å². The number of nitrogens with one attached hydrogen (secondary N) is 2. The van der Waals surface area contributed by atoms with Crippen LogP contribution in [0.4, 0.5) is 9.18 Å². The van der Waals surface area contributed by atoms with Crippen LogP contribution in [0.1, 0.15) is 17.5 Å². The number of benzene rings is 2. The normalized spacial score (nSPS) is 16.6. The van der Waals surface area contributed by atoms with Gasteiger partial charge in [-0.05, 0) is 23.3 Å². The number of amides is 3. The van der Waals surface area contributed by atoms with Crippen molar-refractivity contribution < 1.29 is 14.0 Å². The zero-order chi connectivity index (χ0) is 18.4. The third kappa shape index (κ3) is 5.05. The Kier molecular flexibility index (Phi) is 5.84. The molecule has 0 saturated carbocycles. The minimum absolute atomic E-state index is 0.0609. The third-order valence-electron chi connectivity index (χ3n) is 4.43. The molecule has 26 heavy (non-hydrogen) atoms. The standard InChI is InChI=1S/C20H22FN3O2/c21-18-8-6-16(7-9-18)13-24-14-17(10-19(24)25)12-23-20(26)22-11-15-4-2-1-3-5-15/h1-9,17H,10-14H2,(H2,22,23,26). The highest BCUT2D eigenvalue weighted by molar-refractivity contribution is 5.79. The molecule has 0 spiro atoms. The molecular weight excluding hydrogens is 333 g/mol. The zero-order valence-electron chi connectivity index (χ0n) is 14.5. The summed E-state index contributed by atoms with van der Waals surface area (Å²) in [4.78, 5) is 25.8. The summed E-state index contributed by atoms with van der Waals surface area (Å²) >= 11 is 0. The van der Waals surface area contributed by atoms with E-state index in [1.807, 2.05) is 30.3 Å². The summed E-state index contributed by atoms with van der Waals surface area (Å²) in [5.74, 6) is -0.138. The van der Waals surface area contributed by atoms with Crippen molar-refractivity contribution in [3.63, 3.8) is 0 Å². The van der Waals surface area contributed by atoms with E-state index in [0.717, 1.165) is 11.1 Å². The van der Waals surface area contributed by atoms with Crippen LogP contribution in [0.5, 0.6) is 0 Å². The van der Waals surface area contributed by atoms with Gasteiger partial charge in [-0.15, -0.1) is 0 Å². The molecule has 5 nitrogen and oxygen atoms in total. The Morgan fingerprint density at radius 2 is 1.77 bits per heavy atom. The van der Waals surface area contributed by atoms with Gasteiger partial charge in [0.05, 0.1) is 0 Å². The van der Waals surface area contributed by atoms with Gasteiger partial charge in [-0.1, -0.05) is 42.5 Å². The van der Waals surface area contributed by atoms with Crippen LogP contribution in [0.3, 0.4) is 0 Å². The second-order valence-electron chi connectivity index (χ2n) is 6.52. The number of carbonyl (C=O) groups is 2. The summed E-state index contributed by atoms with van der Waals surface area (Å²) in [5, 5.41) is 5.64. The molecule has 0 aliphatic carbocycles. The van der Waals surface area contributed by atoms with Crippen LogP contribution in [-0.2, 0) is 17.9 Å². The largest absolute Gasteiger partial charge is 0.338 e. The third-order valence-corrected chi connectivity index (χ3v) is 4.43. The molecule has 136 valence electrons. The van der Waals surface area contributed by atoms with Gasteiger partial charge < -0.3 is 15.5 Å². The van der Waals surface area contributed by atoms with Crippen LogP contribution in [0.25, 0.3) is 0 Å². The van der Waals surface area contributed by atoms with Gasteiger partial charge in [0.1, 0.15) is 5.82 Å². The fraction of sp³-hybridized carbons (Fsp3) is 0.300. The van der Waals surface area contributed by atoms with Crippen molar-refractivity contribution in [2.75, 3.05) is 13.1 Å². The molecule has 1 atom stereocenters. The molecule has 0 radical (unpaired) electrons. The van der Waals surface area contributed by atoms with E-state index in [2.05, 4.69) is 10.6 Å². The Morgan fingerprint density at radius 3 is 2.50 bits per heavy atom. The molecule has 6 heteroatoms. The summed E-state index contributed by atoms with van der Waals surface area (Å²) in [6.07, 6.45) is 0.417. The molecule has 1 fully saturated rings. The molecule has 1 aliphatic heterocycles. The van der Waals surface area contributed by atoms with Gasteiger partial charge in [-0.25, -0.2) is 9.18 Å². The maximum atomic E-state index is 13.0. The predicted molar refractivity (Wildman–Crippen MR) is 96.6 cm³/mol. The maximum absolute atomic E-state index is 13.0. The molecule has 1 heterocycles. The lowest BCUT2D eigenvalue weighted by Crippen LogP contribution is -2.38. The first-order valence-electron chi connectivity index (χ1n) is 8.68. The maximum Gasteiger partial charge on any atom is 0.315 e. The van der Waals surface area contributed by atoms with Crippen molar-refractivity contribution >= 4 is 11.9 Å². The number of likely N-dealkylation sites (tertiary alicyclic amines) is 1. The molecule has 0 bridgehead atoms. The van der Waals surface area contributed by atoms with Crippen LogP contribution in [0.15, 0.2) is 54.6 Å². The molecule has 0 aromatic heterocycles. The average Bonchev–Trinajstić information content (AvgIpc) is 3.00. The smallest absolute Gasteiger partial charge is 0.315 e. The number of halogens is 1. The van der Waals surface area contributed by atoms with Gasteiger partial charge in [0, 0.05) is 38.5 Å². The molecule has 3 amide bonds. The fourth-order valence-electron chi connectivity index (χ4n) is 3.03. The Hall–Kier alpha value is -2.89. The van der Waals surface area contributed by atoms with Gasteiger partial charge in [0.2, 0.25) is 5.91 Å². The Bertz CT molecular complexity index is 749. The second kappa shape index (κ2) is 8.47. The average molecular weight is 355 g/mol. The number of rotatable bonds is 6. The predicted octanol–water partition coefficient (Wildman–Crippen LogP) is 2.67. The molecule has 2 aromatic carbocycles. The first-order chi connectivity index (χ1) is 12.6. The zero-order valence-corrected chi connectivity index (χ0v) is 14.5. The van der Waals surface area contributed by atoms with Crippen molar-refractivity contribution in [3.05, 3.63) is 71.5 Å². The first kappa shape index (κ1) is 17.9. The first-order valence-corrected chi connectivity index (χ1v) is 8.68. The van der Waals surface area contributed by atoms with E-state index in [-0.39, 0.29) is 23.7 Å². The van der Waals surface area contributed by atoms with E-state index in [1.54, 1.807) is 17.0 Å². The van der Waals surface area contributed by atoms with Gasteiger partial charge in [0.25, 0.3) is 0 Å². The summed E-state index contributed by atoms with van der Waals surface area (Å²) in [5.41, 5.74) is 1.93. The molecule has 1 unspecified atom stereocenters. The molecule has 2 N–H and O–H groups in total. The fourth-order valence-corrected chi connectivity index (χ4v) is 3.03. The highest BCUT2D eigenvalue weighted by Crippen LogP contribution is 2.19. The summed E-state index contributed by atoms with van der Waals surface area (Å²) in [7, 11) is 0. The topological polar surface area (TPSA) is 61.4 Å². The van der Waals surface area contributed by atoms with Gasteiger partial charge in [0.15, 0.2) is 0 Å². The van der Waals surface area contributed by atoms with E-state index in [1.165, 1.54) is 12.1 Å². The molecule has 3 rings (SSSR count). The molecular formula is C20H22FN3O2. The summed E-state index contributed by atoms with van der Waals surface area (Å²) in [6.45, 7) is 1.98. The van der Waals surface area contributed by atoms with E-state index in [0.29, 0.717) is 32.6 Å². The highest BCUT2D eigenvalue weighted by Gasteiger charge is 2.29. The lowest BCUT2D eigenvalue weighted by molar-refractivity contribution is -0.128. The van der Waals surface area contributed by atoms with Gasteiger partial charge >= 0.3 is 6.03 Å². The van der Waals surface area contributed by atoms with Crippen LogP contribution in [-0.4, -0.2) is 29.9 Å². The minimum atomic E-state index is -0.287. The van der Waals surface area contributed by atoms with Crippen LogP contribution >= 0.6 is 0 Å². The molecule has 1 saturated heterocycles. The van der Waals surface area contributed by atoms with Crippen molar-refractivity contribution in [2.24, 2.45) is 5.92 Å². The Balaban J connectivity index is 1.41. The number of hydrogen-bond acceptors (Lipinski definition) is 2. The van der Waals surface area contributed by atoms with Crippen molar-refractivity contribution in [1.82, 2.24) is 15.5 Å². The van der Waals surface area contributed by atoms with Crippen LogP contribution in [0, 0.1) is 11.7 Å². The minimum Gasteiger partial charge on any atom is -0.338 e. The lowest BCUT2D eigenvalue weighted by Gasteiger charge is -2.17. The summed E-state index contributed by atoms with van der Waals surface area (Å²) in [6, 6.07) is 15.6. The SMILES string of the molecule is O=C(NCc1ccccc1)NCC1CC(=O)N(Cc2ccc(F)cc2)C1. The van der Waals surface area contributed by atoms with Crippen molar-refractivity contribution in [1.29, 1.82) is 0 Å². The lowest BCUT2D eigenvalue weighted by atomic mass is 10.1. The number of nitrogens with zero attached hydrogens (tertiary/aromatic N) is 1. The molecule has 1 aliphatic rings. The van der Waals surface area contributed by atoms with Crippen molar-refractivity contribution in [3.8, 4) is 0 Å². The number of hydrogen-bond donors (Lipinski definition) is 2. The summed E-state index contributed by atoms with van der Waals surface area (Å²) < 4.78 is 13.0. The van der Waals surface area contributed by atoms with E-state index in [4.69, 9.17) is 0 Å².